The molecule has 0 aromatic heterocycles. The number of amides is 1. The average Bonchev–Trinajstić information content (AvgIpc) is 2.27. The van der Waals surface area contributed by atoms with Gasteiger partial charge in [-0.05, 0) is 25.2 Å². The van der Waals surface area contributed by atoms with Crippen molar-refractivity contribution in [2.75, 3.05) is 5.33 Å². The van der Waals surface area contributed by atoms with Gasteiger partial charge in [0, 0.05) is 17.3 Å². The van der Waals surface area contributed by atoms with E-state index in [0.29, 0.717) is 5.92 Å². The number of hydrogen-bond donors (Lipinski definition) is 1. The van der Waals surface area contributed by atoms with Crippen LogP contribution in [-0.2, 0) is 4.79 Å². The predicted molar refractivity (Wildman–Crippen MR) is 78.5 cm³/mol. The molecule has 0 aliphatic rings. The van der Waals surface area contributed by atoms with Crippen LogP contribution in [0.5, 0.6) is 0 Å². The lowest BCUT2D eigenvalue weighted by Crippen LogP contribution is -2.40. The molecule has 1 unspecified atom stereocenters. The maximum Gasteiger partial charge on any atom is 0.223 e. The van der Waals surface area contributed by atoms with Crippen molar-refractivity contribution in [3.05, 3.63) is 0 Å². The van der Waals surface area contributed by atoms with Crippen LogP contribution in [0.4, 0.5) is 0 Å². The van der Waals surface area contributed by atoms with Crippen molar-refractivity contribution in [3.63, 3.8) is 0 Å². The average molecular weight is 306 g/mol. The summed E-state index contributed by atoms with van der Waals surface area (Å²) < 4.78 is 0. The molecule has 0 heterocycles. The van der Waals surface area contributed by atoms with Gasteiger partial charge in [-0.3, -0.25) is 4.79 Å². The Balaban J connectivity index is 4.24. The second kappa shape index (κ2) is 9.93. The predicted octanol–water partition coefficient (Wildman–Crippen LogP) is 4.13. The Morgan fingerprint density at radius 3 is 2.06 bits per heavy atom. The van der Waals surface area contributed by atoms with Crippen LogP contribution in [0.2, 0.25) is 0 Å². The Labute approximate surface area is 115 Å². The molecule has 0 aromatic rings. The van der Waals surface area contributed by atoms with E-state index in [2.05, 4.69) is 48.9 Å². The first-order chi connectivity index (χ1) is 8.04. The van der Waals surface area contributed by atoms with Crippen molar-refractivity contribution in [1.29, 1.82) is 0 Å². The molecule has 0 fully saturated rings. The SMILES string of the molecule is CCCC(CCC)C(=O)NC(CBr)CC(C)C. The Hall–Kier alpha value is -0.0500. The number of carbonyl (C=O) groups excluding carboxylic acids is 1. The van der Waals surface area contributed by atoms with Gasteiger partial charge in [0.05, 0.1) is 0 Å². The van der Waals surface area contributed by atoms with Crippen molar-refractivity contribution in [1.82, 2.24) is 5.32 Å². The normalized spacial score (nSPS) is 13.1. The molecule has 0 bridgehead atoms. The van der Waals surface area contributed by atoms with E-state index < -0.39 is 0 Å². The lowest BCUT2D eigenvalue weighted by Gasteiger charge is -2.22. The molecule has 2 nitrogen and oxygen atoms in total. The van der Waals surface area contributed by atoms with Gasteiger partial charge < -0.3 is 5.32 Å². The Morgan fingerprint density at radius 2 is 1.71 bits per heavy atom. The Morgan fingerprint density at radius 1 is 1.18 bits per heavy atom. The maximum atomic E-state index is 12.1. The van der Waals surface area contributed by atoms with E-state index in [4.69, 9.17) is 0 Å². The van der Waals surface area contributed by atoms with Crippen molar-refractivity contribution in [2.24, 2.45) is 11.8 Å². The molecule has 3 heteroatoms. The summed E-state index contributed by atoms with van der Waals surface area (Å²) in [6.07, 6.45) is 5.23. The smallest absolute Gasteiger partial charge is 0.223 e. The third-order valence-corrected chi connectivity index (χ3v) is 3.72. The largest absolute Gasteiger partial charge is 0.352 e. The van der Waals surface area contributed by atoms with E-state index in [1.165, 1.54) is 0 Å². The van der Waals surface area contributed by atoms with Crippen LogP contribution in [0.25, 0.3) is 0 Å². The summed E-state index contributed by atoms with van der Waals surface area (Å²) >= 11 is 3.49. The van der Waals surface area contributed by atoms with Gasteiger partial charge in [0.2, 0.25) is 5.91 Å². The topological polar surface area (TPSA) is 29.1 Å². The monoisotopic (exact) mass is 305 g/mol. The minimum atomic E-state index is 0.207. The van der Waals surface area contributed by atoms with Gasteiger partial charge in [0.1, 0.15) is 0 Å². The molecule has 1 atom stereocenters. The van der Waals surface area contributed by atoms with E-state index in [1.807, 2.05) is 0 Å². The van der Waals surface area contributed by atoms with Gasteiger partial charge in [0.15, 0.2) is 0 Å². The van der Waals surface area contributed by atoms with Crippen LogP contribution >= 0.6 is 15.9 Å². The fourth-order valence-electron chi connectivity index (χ4n) is 2.15. The number of carbonyl (C=O) groups is 1. The molecule has 1 N–H and O–H groups in total. The number of halogens is 1. The Bertz CT molecular complexity index is 200. The molecule has 0 rings (SSSR count). The molecule has 0 saturated heterocycles. The first-order valence-electron chi connectivity index (χ1n) is 6.91. The van der Waals surface area contributed by atoms with Crippen LogP contribution in [0, 0.1) is 11.8 Å². The zero-order valence-electron chi connectivity index (χ0n) is 11.8. The van der Waals surface area contributed by atoms with Crippen LogP contribution in [-0.4, -0.2) is 17.3 Å². The summed E-state index contributed by atoms with van der Waals surface area (Å²) in [6.45, 7) is 8.67. The Kier molecular flexibility index (Phi) is 9.90. The van der Waals surface area contributed by atoms with E-state index in [-0.39, 0.29) is 17.9 Å². The first kappa shape index (κ1) is 16.9. The minimum Gasteiger partial charge on any atom is -0.352 e. The summed E-state index contributed by atoms with van der Waals surface area (Å²) in [4.78, 5) is 12.1. The standard InChI is InChI=1S/C14H28BrNO/c1-5-7-12(8-6-2)14(17)16-13(10-15)9-11(3)4/h11-13H,5-10H2,1-4H3,(H,16,17). The van der Waals surface area contributed by atoms with E-state index in [0.717, 1.165) is 37.4 Å². The molecule has 0 aliphatic heterocycles. The van der Waals surface area contributed by atoms with E-state index in [9.17, 15) is 4.79 Å². The number of hydrogen-bond acceptors (Lipinski definition) is 1. The van der Waals surface area contributed by atoms with Crippen molar-refractivity contribution in [2.45, 2.75) is 65.8 Å². The van der Waals surface area contributed by atoms with Crippen LogP contribution in [0.15, 0.2) is 0 Å². The van der Waals surface area contributed by atoms with Crippen LogP contribution in [0.1, 0.15) is 59.8 Å². The molecule has 1 amide bonds. The fourth-order valence-corrected chi connectivity index (χ4v) is 2.58. The first-order valence-corrected chi connectivity index (χ1v) is 8.03. The fraction of sp³-hybridized carbons (Fsp3) is 0.929. The highest BCUT2D eigenvalue weighted by atomic mass is 79.9. The molecule has 17 heavy (non-hydrogen) atoms. The summed E-state index contributed by atoms with van der Waals surface area (Å²) in [5.74, 6) is 1.08. The van der Waals surface area contributed by atoms with Gasteiger partial charge in [-0.15, -0.1) is 0 Å². The molecular weight excluding hydrogens is 278 g/mol. The second-order valence-corrected chi connectivity index (χ2v) is 5.91. The summed E-state index contributed by atoms with van der Waals surface area (Å²) in [5, 5.41) is 4.03. The van der Waals surface area contributed by atoms with Gasteiger partial charge in [0.25, 0.3) is 0 Å². The molecule has 0 aliphatic carbocycles. The zero-order chi connectivity index (χ0) is 13.3. The highest BCUT2D eigenvalue weighted by Crippen LogP contribution is 2.15. The lowest BCUT2D eigenvalue weighted by atomic mass is 9.96. The third kappa shape index (κ3) is 7.80. The number of alkyl halides is 1. The quantitative estimate of drug-likeness (QED) is 0.638. The molecule has 102 valence electrons. The molecule has 0 spiro atoms. The lowest BCUT2D eigenvalue weighted by molar-refractivity contribution is -0.126. The van der Waals surface area contributed by atoms with E-state index >= 15 is 0 Å². The van der Waals surface area contributed by atoms with Crippen molar-refractivity contribution < 1.29 is 4.79 Å². The molecule has 0 radical (unpaired) electrons. The summed E-state index contributed by atoms with van der Waals surface area (Å²) in [7, 11) is 0. The highest BCUT2D eigenvalue weighted by molar-refractivity contribution is 9.09. The van der Waals surface area contributed by atoms with Crippen LogP contribution in [0.3, 0.4) is 0 Å². The molecule has 0 saturated carbocycles. The molecule has 0 aromatic carbocycles. The van der Waals surface area contributed by atoms with Gasteiger partial charge in [-0.25, -0.2) is 0 Å². The zero-order valence-corrected chi connectivity index (χ0v) is 13.3. The van der Waals surface area contributed by atoms with E-state index in [1.54, 1.807) is 0 Å². The molecular formula is C14H28BrNO. The van der Waals surface area contributed by atoms with Crippen LogP contribution < -0.4 is 5.32 Å². The van der Waals surface area contributed by atoms with Crippen molar-refractivity contribution in [3.8, 4) is 0 Å². The second-order valence-electron chi connectivity index (χ2n) is 5.26. The summed E-state index contributed by atoms with van der Waals surface area (Å²) in [6, 6.07) is 0.277. The number of nitrogens with one attached hydrogen (secondary N) is 1. The number of rotatable bonds is 9. The van der Waals surface area contributed by atoms with Crippen molar-refractivity contribution >= 4 is 21.8 Å². The van der Waals surface area contributed by atoms with Gasteiger partial charge in [-0.1, -0.05) is 56.5 Å². The van der Waals surface area contributed by atoms with Gasteiger partial charge in [-0.2, -0.15) is 0 Å². The summed E-state index contributed by atoms with van der Waals surface area (Å²) in [5.41, 5.74) is 0. The maximum absolute atomic E-state index is 12.1. The van der Waals surface area contributed by atoms with Gasteiger partial charge >= 0.3 is 0 Å². The third-order valence-electron chi connectivity index (χ3n) is 2.93. The highest BCUT2D eigenvalue weighted by Gasteiger charge is 2.20. The minimum absolute atomic E-state index is 0.207.